The van der Waals surface area contributed by atoms with Gasteiger partial charge in [-0.05, 0) is 12.0 Å². The molecule has 1 aromatic carbocycles. The average molecular weight is 334 g/mol. The first-order valence-corrected chi connectivity index (χ1v) is 7.81. The smallest absolute Gasteiger partial charge is 0.272 e. The van der Waals surface area contributed by atoms with E-state index in [0.29, 0.717) is 11.6 Å². The number of carbonyl (C=O) groups is 2. The number of thiazole rings is 1. The van der Waals surface area contributed by atoms with Gasteiger partial charge in [-0.3, -0.25) is 9.59 Å². The molecule has 0 aliphatic rings. The van der Waals surface area contributed by atoms with Crippen LogP contribution in [0.5, 0.6) is 0 Å². The lowest BCUT2D eigenvalue weighted by atomic mass is 10.1. The summed E-state index contributed by atoms with van der Waals surface area (Å²) < 4.78 is 4.75. The molecule has 0 saturated carbocycles. The molecule has 8 heteroatoms. The first-order valence-electron chi connectivity index (χ1n) is 6.93. The SMILES string of the molecule is COCNC(=O)c1csc(NC(=O)[C@@H](N)Cc2ccccc2)n1. The second-order valence-corrected chi connectivity index (χ2v) is 5.62. The Hall–Kier alpha value is -2.29. The van der Waals surface area contributed by atoms with E-state index in [2.05, 4.69) is 15.6 Å². The van der Waals surface area contributed by atoms with Crippen LogP contribution >= 0.6 is 11.3 Å². The number of hydrogen-bond donors (Lipinski definition) is 3. The van der Waals surface area contributed by atoms with Gasteiger partial charge in [0.15, 0.2) is 5.13 Å². The largest absolute Gasteiger partial charge is 0.364 e. The highest BCUT2D eigenvalue weighted by molar-refractivity contribution is 7.14. The van der Waals surface area contributed by atoms with Crippen LogP contribution in [-0.4, -0.2) is 36.7 Å². The first kappa shape index (κ1) is 17.1. The summed E-state index contributed by atoms with van der Waals surface area (Å²) in [7, 11) is 1.47. The minimum absolute atomic E-state index is 0.0972. The summed E-state index contributed by atoms with van der Waals surface area (Å²) >= 11 is 1.16. The van der Waals surface area contributed by atoms with Crippen LogP contribution in [0.3, 0.4) is 0 Å². The van der Waals surface area contributed by atoms with Crippen molar-refractivity contribution in [1.82, 2.24) is 10.3 Å². The summed E-state index contributed by atoms with van der Waals surface area (Å²) in [6.07, 6.45) is 0.430. The number of hydrogen-bond acceptors (Lipinski definition) is 6. The third-order valence-corrected chi connectivity index (χ3v) is 3.74. The number of nitrogens with zero attached hydrogens (tertiary/aromatic N) is 1. The van der Waals surface area contributed by atoms with Gasteiger partial charge < -0.3 is 21.1 Å². The number of nitrogens with two attached hydrogens (primary N) is 1. The van der Waals surface area contributed by atoms with Crippen LogP contribution in [0.25, 0.3) is 0 Å². The number of methoxy groups -OCH3 is 1. The molecule has 0 spiro atoms. The van der Waals surface area contributed by atoms with Crippen molar-refractivity contribution >= 4 is 28.3 Å². The van der Waals surface area contributed by atoms with E-state index in [-0.39, 0.29) is 24.2 Å². The fraction of sp³-hybridized carbons (Fsp3) is 0.267. The predicted molar refractivity (Wildman–Crippen MR) is 88.2 cm³/mol. The molecule has 0 saturated heterocycles. The zero-order chi connectivity index (χ0) is 16.7. The van der Waals surface area contributed by atoms with Crippen molar-refractivity contribution in [2.45, 2.75) is 12.5 Å². The van der Waals surface area contributed by atoms with Gasteiger partial charge in [-0.2, -0.15) is 0 Å². The Morgan fingerprint density at radius 2 is 2.09 bits per heavy atom. The third kappa shape index (κ3) is 5.13. The van der Waals surface area contributed by atoms with Crippen LogP contribution in [0.4, 0.5) is 5.13 Å². The van der Waals surface area contributed by atoms with Crippen molar-refractivity contribution in [2.24, 2.45) is 5.73 Å². The van der Waals surface area contributed by atoms with Crippen molar-refractivity contribution in [3.63, 3.8) is 0 Å². The summed E-state index contributed by atoms with van der Waals surface area (Å²) in [5.41, 5.74) is 7.10. The molecule has 1 heterocycles. The van der Waals surface area contributed by atoms with E-state index < -0.39 is 6.04 Å². The van der Waals surface area contributed by atoms with Crippen molar-refractivity contribution in [3.8, 4) is 0 Å². The summed E-state index contributed by atoms with van der Waals surface area (Å²) in [5.74, 6) is -0.704. The maximum absolute atomic E-state index is 12.1. The third-order valence-electron chi connectivity index (χ3n) is 2.98. The molecule has 0 fully saturated rings. The normalized spacial score (nSPS) is 11.7. The molecular formula is C15H18N4O3S. The summed E-state index contributed by atoms with van der Waals surface area (Å²) in [6.45, 7) is 0.0972. The lowest BCUT2D eigenvalue weighted by Gasteiger charge is -2.10. The monoisotopic (exact) mass is 334 g/mol. The van der Waals surface area contributed by atoms with Gasteiger partial charge in [0.25, 0.3) is 5.91 Å². The Labute approximate surface area is 137 Å². The van der Waals surface area contributed by atoms with Crippen LogP contribution in [0.2, 0.25) is 0 Å². The van der Waals surface area contributed by atoms with Gasteiger partial charge in [-0.15, -0.1) is 11.3 Å². The lowest BCUT2D eigenvalue weighted by Crippen LogP contribution is -2.37. The summed E-state index contributed by atoms with van der Waals surface area (Å²) in [4.78, 5) is 27.8. The Kier molecular flexibility index (Phi) is 6.21. The number of benzene rings is 1. The number of anilines is 1. The average Bonchev–Trinajstić information content (AvgIpc) is 3.02. The zero-order valence-corrected chi connectivity index (χ0v) is 13.4. The van der Waals surface area contributed by atoms with Crippen molar-refractivity contribution in [3.05, 3.63) is 47.0 Å². The van der Waals surface area contributed by atoms with Crippen molar-refractivity contribution in [2.75, 3.05) is 19.2 Å². The first-order chi connectivity index (χ1) is 11.1. The highest BCUT2D eigenvalue weighted by Crippen LogP contribution is 2.16. The molecule has 1 aromatic heterocycles. The minimum Gasteiger partial charge on any atom is -0.364 e. The lowest BCUT2D eigenvalue weighted by molar-refractivity contribution is -0.117. The fourth-order valence-corrected chi connectivity index (χ4v) is 2.52. The molecule has 2 aromatic rings. The van der Waals surface area contributed by atoms with Gasteiger partial charge in [0.2, 0.25) is 5.91 Å². The van der Waals surface area contributed by atoms with Crippen molar-refractivity contribution in [1.29, 1.82) is 0 Å². The molecule has 0 aliphatic heterocycles. The van der Waals surface area contributed by atoms with E-state index in [0.717, 1.165) is 16.9 Å². The van der Waals surface area contributed by atoms with E-state index >= 15 is 0 Å². The van der Waals surface area contributed by atoms with Gasteiger partial charge in [0, 0.05) is 12.5 Å². The van der Waals surface area contributed by atoms with Crippen LogP contribution < -0.4 is 16.4 Å². The van der Waals surface area contributed by atoms with Crippen molar-refractivity contribution < 1.29 is 14.3 Å². The number of amides is 2. The van der Waals surface area contributed by atoms with E-state index in [1.165, 1.54) is 7.11 Å². The number of rotatable bonds is 7. The highest BCUT2D eigenvalue weighted by Gasteiger charge is 2.17. The highest BCUT2D eigenvalue weighted by atomic mass is 32.1. The standard InChI is InChI=1S/C15H18N4O3S/c1-22-9-17-14(21)12-8-23-15(18-12)19-13(20)11(16)7-10-5-3-2-4-6-10/h2-6,8,11H,7,9,16H2,1H3,(H,17,21)(H,18,19,20)/t11-/m0/s1. The molecular weight excluding hydrogens is 316 g/mol. The Morgan fingerprint density at radius 3 is 2.78 bits per heavy atom. The van der Waals surface area contributed by atoms with Gasteiger partial charge in [0.1, 0.15) is 12.4 Å². The second kappa shape index (κ2) is 8.37. The molecule has 2 amide bonds. The zero-order valence-electron chi connectivity index (χ0n) is 12.6. The van der Waals surface area contributed by atoms with Crippen LogP contribution in [0.1, 0.15) is 16.1 Å². The molecule has 0 bridgehead atoms. The number of aromatic nitrogens is 1. The Balaban J connectivity index is 1.90. The predicted octanol–water partition coefficient (Wildman–Crippen LogP) is 0.985. The molecule has 0 radical (unpaired) electrons. The number of nitrogens with one attached hydrogen (secondary N) is 2. The van der Waals surface area contributed by atoms with Gasteiger partial charge in [-0.1, -0.05) is 30.3 Å². The maximum Gasteiger partial charge on any atom is 0.272 e. The Bertz CT molecular complexity index is 660. The minimum atomic E-state index is -0.688. The second-order valence-electron chi connectivity index (χ2n) is 4.76. The topological polar surface area (TPSA) is 106 Å². The summed E-state index contributed by atoms with van der Waals surface area (Å²) in [5, 5.41) is 7.04. The molecule has 7 nitrogen and oxygen atoms in total. The van der Waals surface area contributed by atoms with Gasteiger partial charge in [-0.25, -0.2) is 4.98 Å². The molecule has 23 heavy (non-hydrogen) atoms. The quantitative estimate of drug-likeness (QED) is 0.655. The van der Waals surface area contributed by atoms with Crippen LogP contribution in [-0.2, 0) is 16.0 Å². The molecule has 1 atom stereocenters. The summed E-state index contributed by atoms with van der Waals surface area (Å²) in [6, 6.07) is 8.83. The molecule has 122 valence electrons. The molecule has 2 rings (SSSR count). The van der Waals surface area contributed by atoms with E-state index in [1.807, 2.05) is 30.3 Å². The van der Waals surface area contributed by atoms with E-state index in [1.54, 1.807) is 5.38 Å². The fourth-order valence-electron chi connectivity index (χ4n) is 1.82. The molecule has 0 aliphatic carbocycles. The van der Waals surface area contributed by atoms with Crippen LogP contribution in [0, 0.1) is 0 Å². The number of ether oxygens (including phenoxy) is 1. The van der Waals surface area contributed by atoms with Gasteiger partial charge in [0.05, 0.1) is 6.04 Å². The molecule has 4 N–H and O–H groups in total. The van der Waals surface area contributed by atoms with E-state index in [9.17, 15) is 9.59 Å². The van der Waals surface area contributed by atoms with Crippen LogP contribution in [0.15, 0.2) is 35.7 Å². The number of carbonyl (C=O) groups excluding carboxylic acids is 2. The Morgan fingerprint density at radius 1 is 1.35 bits per heavy atom. The maximum atomic E-state index is 12.1. The molecule has 0 unspecified atom stereocenters. The van der Waals surface area contributed by atoms with E-state index in [4.69, 9.17) is 10.5 Å². The van der Waals surface area contributed by atoms with Gasteiger partial charge >= 0.3 is 0 Å².